The van der Waals surface area contributed by atoms with E-state index in [0.29, 0.717) is 34.0 Å². The van der Waals surface area contributed by atoms with Gasteiger partial charge < -0.3 is 14.2 Å². The van der Waals surface area contributed by atoms with E-state index in [1.165, 1.54) is 0 Å². The van der Waals surface area contributed by atoms with Gasteiger partial charge in [0.15, 0.2) is 5.15 Å². The fourth-order valence-electron chi connectivity index (χ4n) is 3.65. The van der Waals surface area contributed by atoms with Gasteiger partial charge in [0.1, 0.15) is 5.75 Å². The van der Waals surface area contributed by atoms with Gasteiger partial charge in [0.05, 0.1) is 23.5 Å². The number of nitrogens with zero attached hydrogens (tertiary/aromatic N) is 3. The second-order valence-electron chi connectivity index (χ2n) is 6.48. The zero-order valence-corrected chi connectivity index (χ0v) is 17.0. The van der Waals surface area contributed by atoms with Crippen molar-refractivity contribution in [3.63, 3.8) is 0 Å². The molecule has 0 aliphatic carbocycles. The monoisotopic (exact) mass is 395 g/mol. The summed E-state index contributed by atoms with van der Waals surface area (Å²) in [6.45, 7) is 6.62. The number of halogens is 2. The van der Waals surface area contributed by atoms with E-state index in [-0.39, 0.29) is 11.6 Å². The third kappa shape index (κ3) is 3.08. The molecule has 1 aromatic heterocycles. The molecule has 0 saturated carbocycles. The van der Waals surface area contributed by atoms with Gasteiger partial charge in [-0.05, 0) is 37.8 Å². The number of ether oxygens (including phenoxy) is 1. The van der Waals surface area contributed by atoms with Gasteiger partial charge in [-0.25, -0.2) is 4.98 Å². The number of methoxy groups -OCH3 is 1. The molecule has 7 heteroatoms. The van der Waals surface area contributed by atoms with Crippen LogP contribution in [-0.2, 0) is 6.42 Å². The molecule has 26 heavy (non-hydrogen) atoms. The lowest BCUT2D eigenvalue weighted by molar-refractivity contribution is 0.414. The summed E-state index contributed by atoms with van der Waals surface area (Å²) in [5, 5.41) is 0.897. The van der Waals surface area contributed by atoms with E-state index in [4.69, 9.17) is 27.9 Å². The van der Waals surface area contributed by atoms with Gasteiger partial charge in [0.25, 0.3) is 5.56 Å². The van der Waals surface area contributed by atoms with Gasteiger partial charge in [0, 0.05) is 18.7 Å². The summed E-state index contributed by atoms with van der Waals surface area (Å²) in [6, 6.07) is 3.81. The molecule has 0 N–H and O–H groups in total. The Morgan fingerprint density at radius 2 is 1.96 bits per heavy atom. The van der Waals surface area contributed by atoms with Crippen molar-refractivity contribution in [3.8, 4) is 5.75 Å². The Morgan fingerprint density at radius 3 is 2.58 bits per heavy atom. The largest absolute Gasteiger partial charge is 0.497 e. The molecular formula is C19H23Cl2N3O2. The first-order valence-electron chi connectivity index (χ1n) is 8.85. The van der Waals surface area contributed by atoms with Crippen LogP contribution in [0.15, 0.2) is 16.9 Å². The van der Waals surface area contributed by atoms with Crippen molar-refractivity contribution in [2.45, 2.75) is 46.1 Å². The van der Waals surface area contributed by atoms with E-state index in [0.717, 1.165) is 30.5 Å². The molecule has 2 aromatic rings. The van der Waals surface area contributed by atoms with Crippen LogP contribution >= 0.6 is 23.2 Å². The Morgan fingerprint density at radius 1 is 1.27 bits per heavy atom. The molecule has 1 aliphatic rings. The summed E-state index contributed by atoms with van der Waals surface area (Å²) in [5.74, 6) is 1.04. The van der Waals surface area contributed by atoms with Gasteiger partial charge >= 0.3 is 0 Å². The predicted octanol–water partition coefficient (Wildman–Crippen LogP) is 4.92. The number of hydrogen-bond donors (Lipinski definition) is 0. The summed E-state index contributed by atoms with van der Waals surface area (Å²) in [6.07, 6.45) is 2.47. The third-order valence-electron chi connectivity index (χ3n) is 5.06. The summed E-state index contributed by atoms with van der Waals surface area (Å²) in [5.41, 5.74) is 2.43. The molecule has 5 nitrogen and oxygen atoms in total. The van der Waals surface area contributed by atoms with Gasteiger partial charge in [-0.3, -0.25) is 4.79 Å². The van der Waals surface area contributed by atoms with Crippen LogP contribution in [0.25, 0.3) is 0 Å². The van der Waals surface area contributed by atoms with Crippen LogP contribution in [0, 0.1) is 6.92 Å². The SMILES string of the molecule is CCC(CC)n1c(C)c(Cl)nc(N2CCc3cc(OC)cc(Cl)c32)c1=O. The number of fused-ring (bicyclic) bond motifs is 1. The van der Waals surface area contributed by atoms with Gasteiger partial charge in [-0.15, -0.1) is 0 Å². The topological polar surface area (TPSA) is 47.4 Å². The van der Waals surface area contributed by atoms with Crippen LogP contribution in [0.1, 0.15) is 44.0 Å². The van der Waals surface area contributed by atoms with Crippen LogP contribution in [0.5, 0.6) is 5.75 Å². The van der Waals surface area contributed by atoms with E-state index in [1.54, 1.807) is 17.7 Å². The maximum Gasteiger partial charge on any atom is 0.294 e. The Kier molecular flexibility index (Phi) is 5.49. The minimum Gasteiger partial charge on any atom is -0.497 e. The summed E-state index contributed by atoms with van der Waals surface area (Å²) < 4.78 is 7.07. The number of aromatic nitrogens is 2. The maximum atomic E-state index is 13.3. The number of rotatable bonds is 5. The van der Waals surface area contributed by atoms with Crippen LogP contribution in [0.2, 0.25) is 10.2 Å². The van der Waals surface area contributed by atoms with Crippen molar-refractivity contribution in [2.24, 2.45) is 0 Å². The minimum atomic E-state index is -0.125. The average molecular weight is 396 g/mol. The quantitative estimate of drug-likeness (QED) is 0.720. The maximum absolute atomic E-state index is 13.3. The Hall–Kier alpha value is -1.72. The third-order valence-corrected chi connectivity index (χ3v) is 5.71. The molecule has 0 fully saturated rings. The van der Waals surface area contributed by atoms with E-state index in [1.807, 2.05) is 17.9 Å². The zero-order chi connectivity index (χ0) is 19.0. The Balaban J connectivity index is 2.18. The molecular weight excluding hydrogens is 373 g/mol. The number of hydrogen-bond acceptors (Lipinski definition) is 4. The lowest BCUT2D eigenvalue weighted by Crippen LogP contribution is -2.33. The second-order valence-corrected chi connectivity index (χ2v) is 7.24. The minimum absolute atomic E-state index is 0.0927. The fourth-order valence-corrected chi connectivity index (χ4v) is 4.15. The summed E-state index contributed by atoms with van der Waals surface area (Å²) in [7, 11) is 1.61. The molecule has 0 atom stereocenters. The average Bonchev–Trinajstić information content (AvgIpc) is 3.06. The Labute approximate surface area is 163 Å². The smallest absolute Gasteiger partial charge is 0.294 e. The fraction of sp³-hybridized carbons (Fsp3) is 0.474. The van der Waals surface area contributed by atoms with Gasteiger partial charge in [-0.1, -0.05) is 37.0 Å². The van der Waals surface area contributed by atoms with Crippen molar-refractivity contribution in [1.82, 2.24) is 9.55 Å². The molecule has 0 unspecified atom stereocenters. The van der Waals surface area contributed by atoms with E-state index < -0.39 is 0 Å². The lowest BCUT2D eigenvalue weighted by Gasteiger charge is -2.25. The van der Waals surface area contributed by atoms with Crippen molar-refractivity contribution in [1.29, 1.82) is 0 Å². The Bertz CT molecular complexity index is 891. The van der Waals surface area contributed by atoms with Crippen molar-refractivity contribution >= 4 is 34.7 Å². The first kappa shape index (κ1) is 19.1. The predicted molar refractivity (Wildman–Crippen MR) is 107 cm³/mol. The second kappa shape index (κ2) is 7.49. The molecule has 0 radical (unpaired) electrons. The molecule has 3 rings (SSSR count). The molecule has 140 valence electrons. The van der Waals surface area contributed by atoms with E-state index >= 15 is 0 Å². The highest BCUT2D eigenvalue weighted by molar-refractivity contribution is 6.34. The van der Waals surface area contributed by atoms with Crippen LogP contribution in [0.4, 0.5) is 11.5 Å². The summed E-state index contributed by atoms with van der Waals surface area (Å²) >= 11 is 12.9. The first-order valence-corrected chi connectivity index (χ1v) is 9.61. The molecule has 1 aliphatic heterocycles. The van der Waals surface area contributed by atoms with Crippen molar-refractivity contribution in [3.05, 3.63) is 43.9 Å². The van der Waals surface area contributed by atoms with Crippen molar-refractivity contribution in [2.75, 3.05) is 18.6 Å². The molecule has 2 heterocycles. The molecule has 0 spiro atoms. The van der Waals surface area contributed by atoms with E-state index in [2.05, 4.69) is 18.8 Å². The number of benzene rings is 1. The number of anilines is 2. The highest BCUT2D eigenvalue weighted by Crippen LogP contribution is 2.41. The lowest BCUT2D eigenvalue weighted by atomic mass is 10.1. The molecule has 0 amide bonds. The van der Waals surface area contributed by atoms with E-state index in [9.17, 15) is 4.79 Å². The van der Waals surface area contributed by atoms with Crippen LogP contribution in [-0.4, -0.2) is 23.2 Å². The standard InChI is InChI=1S/C19H23Cl2N3O2/c1-5-13(6-2)24-11(3)17(21)22-18(19(24)25)23-8-7-12-9-14(26-4)10-15(20)16(12)23/h9-10,13H,5-8H2,1-4H3. The highest BCUT2D eigenvalue weighted by atomic mass is 35.5. The highest BCUT2D eigenvalue weighted by Gasteiger charge is 2.29. The van der Waals surface area contributed by atoms with Gasteiger partial charge in [-0.2, -0.15) is 0 Å². The molecule has 0 bridgehead atoms. The first-order chi connectivity index (χ1) is 12.4. The molecule has 0 saturated heterocycles. The normalized spacial score (nSPS) is 13.4. The zero-order valence-electron chi connectivity index (χ0n) is 15.5. The van der Waals surface area contributed by atoms with Crippen molar-refractivity contribution < 1.29 is 4.74 Å². The molecule has 1 aromatic carbocycles. The van der Waals surface area contributed by atoms with Crippen LogP contribution < -0.4 is 15.2 Å². The van der Waals surface area contributed by atoms with Gasteiger partial charge in [0.2, 0.25) is 5.82 Å². The van der Waals surface area contributed by atoms with Crippen LogP contribution in [0.3, 0.4) is 0 Å². The summed E-state index contributed by atoms with van der Waals surface area (Å²) in [4.78, 5) is 19.6.